The Morgan fingerprint density at radius 3 is 2.80 bits per heavy atom. The molecule has 2 aliphatic rings. The van der Waals surface area contributed by atoms with Crippen LogP contribution in [-0.4, -0.2) is 9.55 Å². The maximum Gasteiger partial charge on any atom is 0.127 e. The van der Waals surface area contributed by atoms with E-state index in [2.05, 4.69) is 38.7 Å². The molecule has 2 saturated carbocycles. The van der Waals surface area contributed by atoms with E-state index in [0.29, 0.717) is 5.41 Å². The fourth-order valence-electron chi connectivity index (χ4n) is 3.45. The predicted molar refractivity (Wildman–Crippen MR) is 86.1 cm³/mol. The monoisotopic (exact) mass is 352 g/mol. The van der Waals surface area contributed by atoms with E-state index in [-0.39, 0.29) is 5.38 Å². The van der Waals surface area contributed by atoms with E-state index in [9.17, 15) is 0 Å². The van der Waals surface area contributed by atoms with Gasteiger partial charge in [-0.05, 0) is 62.1 Å². The van der Waals surface area contributed by atoms with Gasteiger partial charge in [0.1, 0.15) is 5.82 Å². The van der Waals surface area contributed by atoms with E-state index < -0.39 is 0 Å². The molecule has 0 amide bonds. The molecule has 1 aromatic heterocycles. The van der Waals surface area contributed by atoms with E-state index in [1.54, 1.807) is 0 Å². The Morgan fingerprint density at radius 2 is 2.20 bits per heavy atom. The van der Waals surface area contributed by atoms with Crippen LogP contribution in [0.4, 0.5) is 0 Å². The second kappa shape index (κ2) is 4.48. The van der Waals surface area contributed by atoms with Crippen LogP contribution in [0.3, 0.4) is 0 Å². The first kappa shape index (κ1) is 13.1. The van der Waals surface area contributed by atoms with Crippen molar-refractivity contribution in [1.82, 2.24) is 9.55 Å². The van der Waals surface area contributed by atoms with Crippen LogP contribution in [0, 0.1) is 11.3 Å². The highest BCUT2D eigenvalue weighted by Gasteiger charge is 2.54. The molecule has 0 bridgehead atoms. The van der Waals surface area contributed by atoms with Crippen LogP contribution in [0.15, 0.2) is 22.7 Å². The molecule has 1 aromatic carbocycles. The minimum Gasteiger partial charge on any atom is -0.326 e. The zero-order valence-electron chi connectivity index (χ0n) is 11.6. The molecule has 0 aliphatic heterocycles. The lowest BCUT2D eigenvalue weighted by molar-refractivity contribution is 0.369. The smallest absolute Gasteiger partial charge is 0.127 e. The highest BCUT2D eigenvalue weighted by Crippen LogP contribution is 2.62. The third kappa shape index (κ3) is 2.10. The molecule has 106 valence electrons. The SMILES string of the molecule is CC(Cl)c1nc2ccc(Br)cc2n1CC1(C2CC2)CC1. The number of benzene rings is 1. The molecule has 0 N–H and O–H groups in total. The maximum atomic E-state index is 6.37. The van der Waals surface area contributed by atoms with Gasteiger partial charge in [-0.15, -0.1) is 11.6 Å². The van der Waals surface area contributed by atoms with E-state index in [1.165, 1.54) is 31.2 Å². The van der Waals surface area contributed by atoms with Crippen molar-refractivity contribution in [2.45, 2.75) is 44.5 Å². The second-order valence-corrected chi connectivity index (χ2v) is 8.01. The van der Waals surface area contributed by atoms with Crippen LogP contribution in [0.5, 0.6) is 0 Å². The van der Waals surface area contributed by atoms with E-state index in [0.717, 1.165) is 28.3 Å². The summed E-state index contributed by atoms with van der Waals surface area (Å²) in [4.78, 5) is 4.76. The van der Waals surface area contributed by atoms with Gasteiger partial charge in [-0.3, -0.25) is 0 Å². The second-order valence-electron chi connectivity index (χ2n) is 6.44. The van der Waals surface area contributed by atoms with Crippen molar-refractivity contribution < 1.29 is 0 Å². The first-order valence-electron chi connectivity index (χ1n) is 7.39. The molecule has 1 unspecified atom stereocenters. The van der Waals surface area contributed by atoms with Gasteiger partial charge in [-0.1, -0.05) is 15.9 Å². The number of nitrogens with zero attached hydrogens (tertiary/aromatic N) is 2. The summed E-state index contributed by atoms with van der Waals surface area (Å²) >= 11 is 9.94. The van der Waals surface area contributed by atoms with Crippen LogP contribution in [0.25, 0.3) is 11.0 Å². The molecular formula is C16H18BrClN2. The fraction of sp³-hybridized carbons (Fsp3) is 0.562. The van der Waals surface area contributed by atoms with Crippen molar-refractivity contribution in [2.24, 2.45) is 11.3 Å². The number of hydrogen-bond acceptors (Lipinski definition) is 1. The lowest BCUT2D eigenvalue weighted by atomic mass is 10.0. The highest BCUT2D eigenvalue weighted by atomic mass is 79.9. The highest BCUT2D eigenvalue weighted by molar-refractivity contribution is 9.10. The van der Waals surface area contributed by atoms with E-state index in [1.807, 2.05) is 6.92 Å². The molecule has 2 nitrogen and oxygen atoms in total. The average Bonchev–Trinajstić information content (AvgIpc) is 3.28. The lowest BCUT2D eigenvalue weighted by Gasteiger charge is -2.18. The summed E-state index contributed by atoms with van der Waals surface area (Å²) in [6.07, 6.45) is 5.59. The zero-order chi connectivity index (χ0) is 13.9. The van der Waals surface area contributed by atoms with Gasteiger partial charge in [0.25, 0.3) is 0 Å². The van der Waals surface area contributed by atoms with Gasteiger partial charge in [-0.2, -0.15) is 0 Å². The molecule has 20 heavy (non-hydrogen) atoms. The summed E-state index contributed by atoms with van der Waals surface area (Å²) in [6.45, 7) is 3.11. The largest absolute Gasteiger partial charge is 0.326 e. The number of rotatable bonds is 4. The number of hydrogen-bond donors (Lipinski definition) is 0. The molecule has 1 heterocycles. The summed E-state index contributed by atoms with van der Waals surface area (Å²) < 4.78 is 3.49. The number of imidazole rings is 1. The van der Waals surface area contributed by atoms with Crippen LogP contribution in [0.2, 0.25) is 0 Å². The van der Waals surface area contributed by atoms with Crippen molar-refractivity contribution in [3.63, 3.8) is 0 Å². The minimum atomic E-state index is -0.0452. The Labute approximate surface area is 132 Å². The Hall–Kier alpha value is -0.540. The number of alkyl halides is 1. The van der Waals surface area contributed by atoms with E-state index >= 15 is 0 Å². The maximum absolute atomic E-state index is 6.37. The summed E-state index contributed by atoms with van der Waals surface area (Å²) in [5.74, 6) is 1.97. The van der Waals surface area contributed by atoms with Gasteiger partial charge >= 0.3 is 0 Å². The molecule has 0 spiro atoms. The summed E-state index contributed by atoms with van der Waals surface area (Å²) in [7, 11) is 0. The van der Waals surface area contributed by atoms with Crippen molar-refractivity contribution in [3.05, 3.63) is 28.5 Å². The van der Waals surface area contributed by atoms with Crippen LogP contribution < -0.4 is 0 Å². The minimum absolute atomic E-state index is 0.0452. The third-order valence-electron chi connectivity index (χ3n) is 4.90. The molecule has 2 aromatic rings. The van der Waals surface area contributed by atoms with Crippen molar-refractivity contribution in [1.29, 1.82) is 0 Å². The fourth-order valence-corrected chi connectivity index (χ4v) is 3.97. The summed E-state index contributed by atoms with van der Waals surface area (Å²) in [6, 6.07) is 6.31. The van der Waals surface area contributed by atoms with Gasteiger partial charge in [0.05, 0.1) is 16.4 Å². The topological polar surface area (TPSA) is 17.8 Å². The van der Waals surface area contributed by atoms with E-state index in [4.69, 9.17) is 16.6 Å². The molecule has 0 radical (unpaired) electrons. The first-order valence-corrected chi connectivity index (χ1v) is 8.62. The molecule has 4 heteroatoms. The van der Waals surface area contributed by atoms with Gasteiger partial charge in [0.15, 0.2) is 0 Å². The van der Waals surface area contributed by atoms with Gasteiger partial charge in [0.2, 0.25) is 0 Å². The summed E-state index contributed by atoms with van der Waals surface area (Å²) in [5.41, 5.74) is 2.83. The molecule has 4 rings (SSSR count). The van der Waals surface area contributed by atoms with Gasteiger partial charge < -0.3 is 4.57 Å². The zero-order valence-corrected chi connectivity index (χ0v) is 13.9. The third-order valence-corrected chi connectivity index (χ3v) is 5.59. The standard InChI is InChI=1S/C16H18BrClN2/c1-10(18)15-19-13-5-4-12(17)8-14(13)20(15)9-16(6-7-16)11-2-3-11/h4-5,8,10-11H,2-3,6-7,9H2,1H3. The number of aromatic nitrogens is 2. The Morgan fingerprint density at radius 1 is 1.45 bits per heavy atom. The van der Waals surface area contributed by atoms with Gasteiger partial charge in [-0.25, -0.2) is 4.98 Å². The molecule has 0 saturated heterocycles. The number of halogens is 2. The first-order chi connectivity index (χ1) is 9.59. The summed E-state index contributed by atoms with van der Waals surface area (Å²) in [5, 5.41) is -0.0452. The Kier molecular flexibility index (Phi) is 2.94. The van der Waals surface area contributed by atoms with Crippen molar-refractivity contribution in [2.75, 3.05) is 0 Å². The molecule has 2 fully saturated rings. The Balaban J connectivity index is 1.82. The normalized spacial score (nSPS) is 22.1. The molecule has 1 atom stereocenters. The molecule has 2 aliphatic carbocycles. The van der Waals surface area contributed by atoms with Gasteiger partial charge in [0, 0.05) is 11.0 Å². The Bertz CT molecular complexity index is 668. The van der Waals surface area contributed by atoms with Crippen molar-refractivity contribution in [3.8, 4) is 0 Å². The lowest BCUT2D eigenvalue weighted by Crippen LogP contribution is -2.16. The van der Waals surface area contributed by atoms with Crippen LogP contribution >= 0.6 is 27.5 Å². The van der Waals surface area contributed by atoms with Crippen LogP contribution in [-0.2, 0) is 6.54 Å². The number of fused-ring (bicyclic) bond motifs is 1. The van der Waals surface area contributed by atoms with Crippen LogP contribution in [0.1, 0.15) is 43.8 Å². The predicted octanol–water partition coefficient (Wildman–Crippen LogP) is 5.29. The average molecular weight is 354 g/mol. The molecular weight excluding hydrogens is 336 g/mol. The quantitative estimate of drug-likeness (QED) is 0.683. The van der Waals surface area contributed by atoms with Crippen molar-refractivity contribution >= 4 is 38.6 Å².